The number of carbonyl (C=O) groups is 1. The van der Waals surface area contributed by atoms with Crippen LogP contribution < -0.4 is 0 Å². The lowest BCUT2D eigenvalue weighted by Crippen LogP contribution is -2.52. The van der Waals surface area contributed by atoms with Crippen molar-refractivity contribution < 1.29 is 22.7 Å². The molecule has 0 N–H and O–H groups in total. The molecule has 22 heavy (non-hydrogen) atoms. The molecule has 1 saturated heterocycles. The average molecular weight is 313 g/mol. The summed E-state index contributed by atoms with van der Waals surface area (Å²) in [6.07, 6.45) is -0.693. The van der Waals surface area contributed by atoms with Crippen LogP contribution in [0.25, 0.3) is 0 Å². The first-order valence-electron chi connectivity index (χ1n) is 7.51. The Morgan fingerprint density at radius 2 is 1.86 bits per heavy atom. The van der Waals surface area contributed by atoms with Gasteiger partial charge in [0, 0.05) is 6.54 Å². The number of halogens is 3. The molecule has 1 spiro atoms. The summed E-state index contributed by atoms with van der Waals surface area (Å²) in [6.45, 7) is 1.12. The summed E-state index contributed by atoms with van der Waals surface area (Å²) in [5, 5.41) is 0. The normalized spacial score (nSPS) is 21.3. The van der Waals surface area contributed by atoms with Crippen LogP contribution in [0.4, 0.5) is 13.2 Å². The smallest absolute Gasteiger partial charge is 0.371 e. The van der Waals surface area contributed by atoms with E-state index in [1.807, 2.05) is 0 Å². The first-order valence-corrected chi connectivity index (χ1v) is 7.51. The van der Waals surface area contributed by atoms with Gasteiger partial charge in [0.15, 0.2) is 0 Å². The number of morpholine rings is 1. The van der Waals surface area contributed by atoms with Crippen molar-refractivity contribution in [3.8, 4) is 0 Å². The van der Waals surface area contributed by atoms with Gasteiger partial charge in [0.1, 0.15) is 0 Å². The monoisotopic (exact) mass is 313 g/mol. The van der Waals surface area contributed by atoms with Crippen molar-refractivity contribution in [2.75, 3.05) is 19.7 Å². The Bertz CT molecular complexity index is 565. The fraction of sp³-hybridized carbons (Fsp3) is 0.562. The molecule has 3 nitrogen and oxygen atoms in total. The number of nitrogens with zero attached hydrogens (tertiary/aromatic N) is 1. The minimum atomic E-state index is -4.52. The van der Waals surface area contributed by atoms with Crippen molar-refractivity contribution >= 4 is 5.91 Å². The van der Waals surface area contributed by atoms with Gasteiger partial charge in [-0.2, -0.15) is 13.2 Å². The molecule has 2 fully saturated rings. The lowest BCUT2D eigenvalue weighted by Gasteiger charge is -2.40. The summed E-state index contributed by atoms with van der Waals surface area (Å²) in [5.74, 6) is -0.553. The van der Waals surface area contributed by atoms with Crippen LogP contribution in [0.2, 0.25) is 0 Å². The number of hydrogen-bond acceptors (Lipinski definition) is 2. The van der Waals surface area contributed by atoms with Gasteiger partial charge in [-0.05, 0) is 25.0 Å². The highest BCUT2D eigenvalue weighted by atomic mass is 19.4. The minimum Gasteiger partial charge on any atom is -0.371 e. The van der Waals surface area contributed by atoms with Gasteiger partial charge >= 0.3 is 6.18 Å². The van der Waals surface area contributed by atoms with Crippen LogP contribution in [0.15, 0.2) is 24.3 Å². The van der Waals surface area contributed by atoms with Crippen molar-refractivity contribution in [3.63, 3.8) is 0 Å². The number of ether oxygens (including phenoxy) is 1. The fourth-order valence-electron chi connectivity index (χ4n) is 3.43. The number of benzene rings is 1. The molecule has 1 aliphatic heterocycles. The SMILES string of the molecule is O=C(c1ccccc1C(F)(F)F)N1CCOC2(CCCC2)C1. The summed E-state index contributed by atoms with van der Waals surface area (Å²) in [6, 6.07) is 4.98. The van der Waals surface area contributed by atoms with E-state index in [9.17, 15) is 18.0 Å². The van der Waals surface area contributed by atoms with Crippen LogP contribution in [0.5, 0.6) is 0 Å². The Labute approximate surface area is 127 Å². The highest BCUT2D eigenvalue weighted by Gasteiger charge is 2.42. The molecule has 1 aromatic carbocycles. The molecule has 1 heterocycles. The van der Waals surface area contributed by atoms with E-state index in [1.165, 1.54) is 23.1 Å². The number of amides is 1. The Morgan fingerprint density at radius 1 is 1.18 bits per heavy atom. The van der Waals surface area contributed by atoms with Gasteiger partial charge in [0.05, 0.1) is 29.9 Å². The quantitative estimate of drug-likeness (QED) is 0.794. The van der Waals surface area contributed by atoms with E-state index in [2.05, 4.69) is 0 Å². The maximum atomic E-state index is 13.1. The summed E-state index contributed by atoms with van der Waals surface area (Å²) < 4.78 is 45.0. The molecule has 0 atom stereocenters. The molecule has 1 aliphatic carbocycles. The van der Waals surface area contributed by atoms with Gasteiger partial charge in [-0.25, -0.2) is 0 Å². The maximum Gasteiger partial charge on any atom is 0.417 e. The van der Waals surface area contributed by atoms with E-state index >= 15 is 0 Å². The van der Waals surface area contributed by atoms with Gasteiger partial charge in [0.25, 0.3) is 5.91 Å². The molecule has 120 valence electrons. The maximum absolute atomic E-state index is 13.1. The molecule has 0 bridgehead atoms. The molecule has 2 aliphatic rings. The van der Waals surface area contributed by atoms with E-state index in [1.54, 1.807) is 0 Å². The molecule has 0 radical (unpaired) electrons. The molecule has 3 rings (SSSR count). The highest BCUT2D eigenvalue weighted by molar-refractivity contribution is 5.96. The number of hydrogen-bond donors (Lipinski definition) is 0. The standard InChI is InChI=1S/C16H18F3NO2/c17-16(18,19)13-6-2-1-5-12(13)14(21)20-9-10-22-15(11-20)7-3-4-8-15/h1-2,5-6H,3-4,7-11H2. The van der Waals surface area contributed by atoms with Crippen LogP contribution >= 0.6 is 0 Å². The van der Waals surface area contributed by atoms with E-state index in [-0.39, 0.29) is 11.2 Å². The first-order chi connectivity index (χ1) is 10.4. The zero-order valence-corrected chi connectivity index (χ0v) is 12.2. The molecule has 1 aromatic rings. The largest absolute Gasteiger partial charge is 0.417 e. The molecular formula is C16H18F3NO2. The highest BCUT2D eigenvalue weighted by Crippen LogP contribution is 2.37. The second-order valence-corrected chi connectivity index (χ2v) is 6.01. The van der Waals surface area contributed by atoms with Crippen LogP contribution in [-0.2, 0) is 10.9 Å². The summed E-state index contributed by atoms with van der Waals surface area (Å²) in [5.41, 5.74) is -1.49. The van der Waals surface area contributed by atoms with Crippen LogP contribution in [0, 0.1) is 0 Å². The van der Waals surface area contributed by atoms with Gasteiger partial charge in [-0.1, -0.05) is 25.0 Å². The van der Waals surface area contributed by atoms with Crippen molar-refractivity contribution in [1.82, 2.24) is 4.90 Å². The van der Waals surface area contributed by atoms with E-state index in [0.29, 0.717) is 19.7 Å². The third-order valence-corrected chi connectivity index (χ3v) is 4.51. The van der Waals surface area contributed by atoms with Gasteiger partial charge in [0.2, 0.25) is 0 Å². The third kappa shape index (κ3) is 2.84. The molecule has 0 unspecified atom stereocenters. The van der Waals surface area contributed by atoms with Crippen LogP contribution in [0.1, 0.15) is 41.6 Å². The third-order valence-electron chi connectivity index (χ3n) is 4.51. The molecule has 1 saturated carbocycles. The van der Waals surface area contributed by atoms with Crippen molar-refractivity contribution in [3.05, 3.63) is 35.4 Å². The number of alkyl halides is 3. The lowest BCUT2D eigenvalue weighted by molar-refractivity contribution is -0.138. The van der Waals surface area contributed by atoms with E-state index in [4.69, 9.17) is 4.74 Å². The van der Waals surface area contributed by atoms with Crippen LogP contribution in [0.3, 0.4) is 0 Å². The lowest BCUT2D eigenvalue weighted by atomic mass is 9.98. The molecule has 1 amide bonds. The van der Waals surface area contributed by atoms with Crippen LogP contribution in [-0.4, -0.2) is 36.1 Å². The number of rotatable bonds is 1. The van der Waals surface area contributed by atoms with Crippen molar-refractivity contribution in [2.45, 2.75) is 37.5 Å². The Balaban J connectivity index is 1.85. The van der Waals surface area contributed by atoms with Gasteiger partial charge < -0.3 is 9.64 Å². The van der Waals surface area contributed by atoms with E-state index in [0.717, 1.165) is 31.7 Å². The van der Waals surface area contributed by atoms with Crippen molar-refractivity contribution in [1.29, 1.82) is 0 Å². The summed E-state index contributed by atoms with van der Waals surface area (Å²) in [4.78, 5) is 14.1. The predicted octanol–water partition coefficient (Wildman–Crippen LogP) is 3.49. The first kappa shape index (κ1) is 15.3. The summed E-state index contributed by atoms with van der Waals surface area (Å²) >= 11 is 0. The predicted molar refractivity (Wildman–Crippen MR) is 74.5 cm³/mol. The average Bonchev–Trinajstić information content (AvgIpc) is 2.93. The summed E-state index contributed by atoms with van der Waals surface area (Å²) in [7, 11) is 0. The molecule has 6 heteroatoms. The Hall–Kier alpha value is -1.56. The zero-order chi connectivity index (χ0) is 15.8. The second kappa shape index (κ2) is 5.57. The Morgan fingerprint density at radius 3 is 2.55 bits per heavy atom. The van der Waals surface area contributed by atoms with Gasteiger partial charge in [-0.15, -0.1) is 0 Å². The molecular weight excluding hydrogens is 295 g/mol. The zero-order valence-electron chi connectivity index (χ0n) is 12.2. The number of carbonyl (C=O) groups excluding carboxylic acids is 1. The second-order valence-electron chi connectivity index (χ2n) is 6.01. The topological polar surface area (TPSA) is 29.5 Å². The van der Waals surface area contributed by atoms with E-state index < -0.39 is 17.6 Å². The van der Waals surface area contributed by atoms with Crippen molar-refractivity contribution in [2.24, 2.45) is 0 Å². The van der Waals surface area contributed by atoms with Gasteiger partial charge in [-0.3, -0.25) is 4.79 Å². The minimum absolute atomic E-state index is 0.273. The fourth-order valence-corrected chi connectivity index (χ4v) is 3.43. The Kier molecular flexibility index (Phi) is 3.89. The molecule has 0 aromatic heterocycles.